The van der Waals surface area contributed by atoms with Crippen molar-refractivity contribution in [2.45, 2.75) is 6.54 Å². The lowest BCUT2D eigenvalue weighted by molar-refractivity contribution is 0.100. The molecule has 1 amide bonds. The highest BCUT2D eigenvalue weighted by atomic mass is 32.1. The molecule has 0 fully saturated rings. The molecule has 3 N–H and O–H groups in total. The number of carbonyl (C=O) groups is 1. The zero-order valence-corrected chi connectivity index (χ0v) is 12.1. The van der Waals surface area contributed by atoms with Crippen molar-refractivity contribution in [3.63, 3.8) is 0 Å². The van der Waals surface area contributed by atoms with Crippen molar-refractivity contribution in [2.24, 2.45) is 5.73 Å². The van der Waals surface area contributed by atoms with E-state index >= 15 is 0 Å². The molecule has 20 heavy (non-hydrogen) atoms. The van der Waals surface area contributed by atoms with Crippen molar-refractivity contribution < 1.29 is 9.90 Å². The predicted octanol–water partition coefficient (Wildman–Crippen LogP) is 1.33. The van der Waals surface area contributed by atoms with Gasteiger partial charge in [-0.25, -0.2) is 4.98 Å². The molecule has 0 bridgehead atoms. The Hall–Kier alpha value is -1.76. The summed E-state index contributed by atoms with van der Waals surface area (Å²) in [5.74, 6) is -0.429. The van der Waals surface area contributed by atoms with Gasteiger partial charge in [0.15, 0.2) is 0 Å². The molecule has 0 atom stereocenters. The first kappa shape index (κ1) is 14.6. The van der Waals surface area contributed by atoms with E-state index in [9.17, 15) is 4.79 Å². The molecule has 0 spiro atoms. The van der Waals surface area contributed by atoms with Crippen LogP contribution in [0.25, 0.3) is 10.6 Å². The molecule has 0 unspecified atom stereocenters. The second kappa shape index (κ2) is 6.60. The molecular formula is C14H17N3O2S. The van der Waals surface area contributed by atoms with Gasteiger partial charge in [-0.1, -0.05) is 12.1 Å². The van der Waals surface area contributed by atoms with Gasteiger partial charge in [-0.3, -0.25) is 9.69 Å². The first-order valence-corrected chi connectivity index (χ1v) is 7.12. The average molecular weight is 291 g/mol. The van der Waals surface area contributed by atoms with Gasteiger partial charge in [0.1, 0.15) is 5.01 Å². The Morgan fingerprint density at radius 3 is 2.70 bits per heavy atom. The minimum atomic E-state index is -0.429. The number of carbonyl (C=O) groups excluding carboxylic acids is 1. The molecular weight excluding hydrogens is 274 g/mol. The Morgan fingerprint density at radius 1 is 1.40 bits per heavy atom. The third-order valence-corrected chi connectivity index (χ3v) is 3.82. The summed E-state index contributed by atoms with van der Waals surface area (Å²) in [6.45, 7) is 1.47. The molecule has 0 saturated carbocycles. The molecule has 0 aliphatic carbocycles. The monoisotopic (exact) mass is 291 g/mol. The molecule has 2 rings (SSSR count). The van der Waals surface area contributed by atoms with E-state index in [0.29, 0.717) is 18.7 Å². The second-order valence-corrected chi connectivity index (χ2v) is 5.41. The highest BCUT2D eigenvalue weighted by molar-refractivity contribution is 7.13. The molecule has 5 nitrogen and oxygen atoms in total. The Bertz CT molecular complexity index is 580. The van der Waals surface area contributed by atoms with Crippen molar-refractivity contribution in [2.75, 3.05) is 20.2 Å². The van der Waals surface area contributed by atoms with E-state index in [2.05, 4.69) is 4.98 Å². The fraction of sp³-hybridized carbons (Fsp3) is 0.286. The summed E-state index contributed by atoms with van der Waals surface area (Å²) in [4.78, 5) is 17.6. The van der Waals surface area contributed by atoms with Crippen molar-refractivity contribution >= 4 is 17.2 Å². The van der Waals surface area contributed by atoms with Crippen LogP contribution in [0.5, 0.6) is 0 Å². The lowest BCUT2D eigenvalue weighted by Gasteiger charge is -2.12. The number of rotatable bonds is 6. The van der Waals surface area contributed by atoms with E-state index in [1.807, 2.05) is 29.5 Å². The molecule has 106 valence electrons. The normalized spacial score (nSPS) is 10.9. The van der Waals surface area contributed by atoms with Crippen LogP contribution < -0.4 is 5.73 Å². The van der Waals surface area contributed by atoms with E-state index in [1.54, 1.807) is 23.5 Å². The van der Waals surface area contributed by atoms with Gasteiger partial charge in [-0.05, 0) is 19.2 Å². The maximum atomic E-state index is 11.0. The van der Waals surface area contributed by atoms with E-state index in [4.69, 9.17) is 10.8 Å². The quantitative estimate of drug-likeness (QED) is 0.841. The van der Waals surface area contributed by atoms with Crippen molar-refractivity contribution in [3.05, 3.63) is 40.9 Å². The third-order valence-electron chi connectivity index (χ3n) is 2.88. The van der Waals surface area contributed by atoms with Crippen LogP contribution in [0, 0.1) is 0 Å². The van der Waals surface area contributed by atoms with Gasteiger partial charge in [0, 0.05) is 29.6 Å². The van der Waals surface area contributed by atoms with Crippen LogP contribution in [0.4, 0.5) is 0 Å². The number of likely N-dealkylation sites (N-methyl/N-ethyl adjacent to an activating group) is 1. The summed E-state index contributed by atoms with van der Waals surface area (Å²) in [5, 5.41) is 11.8. The van der Waals surface area contributed by atoms with E-state index < -0.39 is 5.91 Å². The van der Waals surface area contributed by atoms with Gasteiger partial charge >= 0.3 is 0 Å². The molecule has 0 aliphatic heterocycles. The van der Waals surface area contributed by atoms with Crippen molar-refractivity contribution in [1.82, 2.24) is 9.88 Å². The zero-order valence-electron chi connectivity index (χ0n) is 11.2. The Morgan fingerprint density at radius 2 is 2.10 bits per heavy atom. The first-order valence-electron chi connectivity index (χ1n) is 6.24. The summed E-state index contributed by atoms with van der Waals surface area (Å²) in [5.41, 5.74) is 7.65. The predicted molar refractivity (Wildman–Crippen MR) is 79.5 cm³/mol. The molecule has 1 aromatic heterocycles. The number of nitrogens with two attached hydrogens (primary N) is 1. The standard InChI is InChI=1S/C14H17N3O2S/c1-17(6-7-18)8-12-9-20-14(16-12)11-4-2-10(3-5-11)13(15)19/h2-5,9,18H,6-8H2,1H3,(H2,15,19). The third kappa shape index (κ3) is 3.63. The highest BCUT2D eigenvalue weighted by Crippen LogP contribution is 2.24. The van der Waals surface area contributed by atoms with Crippen LogP contribution in [0.15, 0.2) is 29.6 Å². The Balaban J connectivity index is 2.10. The molecule has 6 heteroatoms. The molecule has 0 radical (unpaired) electrons. The number of amides is 1. The average Bonchev–Trinajstić information content (AvgIpc) is 2.87. The highest BCUT2D eigenvalue weighted by Gasteiger charge is 2.08. The van der Waals surface area contributed by atoms with Gasteiger partial charge < -0.3 is 10.8 Å². The van der Waals surface area contributed by atoms with Crippen LogP contribution in [-0.2, 0) is 6.54 Å². The van der Waals surface area contributed by atoms with Gasteiger partial charge in [-0.2, -0.15) is 0 Å². The fourth-order valence-corrected chi connectivity index (χ4v) is 2.63. The van der Waals surface area contributed by atoms with Crippen molar-refractivity contribution in [1.29, 1.82) is 0 Å². The lowest BCUT2D eigenvalue weighted by Crippen LogP contribution is -2.21. The number of aromatic nitrogens is 1. The molecule has 2 aromatic rings. The molecule has 0 saturated heterocycles. The second-order valence-electron chi connectivity index (χ2n) is 4.55. The number of aliphatic hydroxyl groups is 1. The molecule has 1 heterocycles. The Kier molecular flexibility index (Phi) is 4.84. The Labute approximate surface area is 121 Å². The summed E-state index contributed by atoms with van der Waals surface area (Å²) >= 11 is 1.56. The van der Waals surface area contributed by atoms with E-state index in [-0.39, 0.29) is 6.61 Å². The van der Waals surface area contributed by atoms with Crippen LogP contribution in [0.3, 0.4) is 0 Å². The summed E-state index contributed by atoms with van der Waals surface area (Å²) < 4.78 is 0. The van der Waals surface area contributed by atoms with Gasteiger partial charge in [0.25, 0.3) is 0 Å². The molecule has 0 aliphatic rings. The van der Waals surface area contributed by atoms with Crippen LogP contribution in [-0.4, -0.2) is 41.1 Å². The van der Waals surface area contributed by atoms with Crippen LogP contribution >= 0.6 is 11.3 Å². The summed E-state index contributed by atoms with van der Waals surface area (Å²) in [6.07, 6.45) is 0. The van der Waals surface area contributed by atoms with Crippen molar-refractivity contribution in [3.8, 4) is 10.6 Å². The lowest BCUT2D eigenvalue weighted by atomic mass is 10.1. The topological polar surface area (TPSA) is 79.5 Å². The summed E-state index contributed by atoms with van der Waals surface area (Å²) in [7, 11) is 1.94. The maximum absolute atomic E-state index is 11.0. The van der Waals surface area contributed by atoms with Gasteiger partial charge in [0.05, 0.1) is 12.3 Å². The number of nitrogens with zero attached hydrogens (tertiary/aromatic N) is 2. The SMILES string of the molecule is CN(CCO)Cc1csc(-c2ccc(C(N)=O)cc2)n1. The number of primary amides is 1. The van der Waals surface area contributed by atoms with E-state index in [1.165, 1.54) is 0 Å². The van der Waals surface area contributed by atoms with E-state index in [0.717, 1.165) is 16.3 Å². The number of hydrogen-bond acceptors (Lipinski definition) is 5. The van der Waals surface area contributed by atoms with Crippen LogP contribution in [0.2, 0.25) is 0 Å². The molecule has 1 aromatic carbocycles. The van der Waals surface area contributed by atoms with Gasteiger partial charge in [-0.15, -0.1) is 11.3 Å². The zero-order chi connectivity index (χ0) is 14.5. The largest absolute Gasteiger partial charge is 0.395 e. The fourth-order valence-electron chi connectivity index (χ4n) is 1.82. The smallest absolute Gasteiger partial charge is 0.248 e. The number of aliphatic hydroxyl groups excluding tert-OH is 1. The number of hydrogen-bond donors (Lipinski definition) is 2. The minimum absolute atomic E-state index is 0.141. The number of thiazole rings is 1. The maximum Gasteiger partial charge on any atom is 0.248 e. The minimum Gasteiger partial charge on any atom is -0.395 e. The van der Waals surface area contributed by atoms with Gasteiger partial charge in [0.2, 0.25) is 5.91 Å². The van der Waals surface area contributed by atoms with Crippen LogP contribution in [0.1, 0.15) is 16.1 Å². The summed E-state index contributed by atoms with van der Waals surface area (Å²) in [6, 6.07) is 7.10. The number of benzene rings is 1. The first-order chi connectivity index (χ1) is 9.60.